The van der Waals surface area contributed by atoms with Gasteiger partial charge in [0.2, 0.25) is 0 Å². The van der Waals surface area contributed by atoms with Gasteiger partial charge in [0.25, 0.3) is 0 Å². The van der Waals surface area contributed by atoms with Crippen LogP contribution in [-0.4, -0.2) is 48.8 Å². The summed E-state index contributed by atoms with van der Waals surface area (Å²) in [6.07, 6.45) is 3.07. The van der Waals surface area contributed by atoms with E-state index in [1.54, 1.807) is 0 Å². The molecule has 22 heavy (non-hydrogen) atoms. The third-order valence-corrected chi connectivity index (χ3v) is 3.42. The molecule has 2 atom stereocenters. The third kappa shape index (κ3) is 7.97. The number of hydrogen-bond acceptors (Lipinski definition) is 6. The minimum atomic E-state index is -0.849. The predicted octanol–water partition coefficient (Wildman–Crippen LogP) is 1.11. The van der Waals surface area contributed by atoms with Gasteiger partial charge in [-0.2, -0.15) is 0 Å². The number of carbonyl (C=O) groups excluding carboxylic acids is 2. The molecule has 7 nitrogen and oxygen atoms in total. The Morgan fingerprint density at radius 2 is 2.05 bits per heavy atom. The molecule has 126 valence electrons. The van der Waals surface area contributed by atoms with Crippen molar-refractivity contribution in [2.24, 2.45) is 5.92 Å². The van der Waals surface area contributed by atoms with Crippen molar-refractivity contribution in [2.75, 3.05) is 19.8 Å². The van der Waals surface area contributed by atoms with Crippen molar-refractivity contribution >= 4 is 17.9 Å². The molecule has 0 bridgehead atoms. The lowest BCUT2D eigenvalue weighted by atomic mass is 10.1. The molecule has 0 aromatic carbocycles. The number of carboxylic acid groups (broad SMARTS) is 1. The molecule has 1 unspecified atom stereocenters. The molecule has 1 saturated heterocycles. The summed E-state index contributed by atoms with van der Waals surface area (Å²) in [6, 6.07) is -0.214. The van der Waals surface area contributed by atoms with Crippen molar-refractivity contribution in [2.45, 2.75) is 51.5 Å². The quantitative estimate of drug-likeness (QED) is 0.460. The summed E-state index contributed by atoms with van der Waals surface area (Å²) in [5, 5.41) is 11.5. The van der Waals surface area contributed by atoms with Gasteiger partial charge in [-0.05, 0) is 32.2 Å². The van der Waals surface area contributed by atoms with Crippen LogP contribution in [0.15, 0.2) is 0 Å². The highest BCUT2D eigenvalue weighted by molar-refractivity contribution is 5.76. The summed E-state index contributed by atoms with van der Waals surface area (Å²) in [6.45, 7) is 3.08. The largest absolute Gasteiger partial charge is 0.481 e. The molecule has 0 radical (unpaired) electrons. The van der Waals surface area contributed by atoms with Crippen LogP contribution in [-0.2, 0) is 23.9 Å². The van der Waals surface area contributed by atoms with Crippen LogP contribution in [0.1, 0.15) is 45.4 Å². The van der Waals surface area contributed by atoms with E-state index in [0.29, 0.717) is 12.8 Å². The zero-order valence-corrected chi connectivity index (χ0v) is 13.0. The van der Waals surface area contributed by atoms with E-state index >= 15 is 0 Å². The highest BCUT2D eigenvalue weighted by Crippen LogP contribution is 2.10. The van der Waals surface area contributed by atoms with E-state index in [2.05, 4.69) is 5.32 Å². The fraction of sp³-hybridized carbons (Fsp3) is 0.800. The SMILES string of the molecule is CC(COC(=O)[C@@H]1CCCN1)CC(=O)OCCCCC(=O)O. The van der Waals surface area contributed by atoms with Crippen molar-refractivity contribution < 1.29 is 29.0 Å². The molecule has 0 amide bonds. The van der Waals surface area contributed by atoms with Crippen LogP contribution < -0.4 is 5.32 Å². The molecular formula is C15H25NO6. The van der Waals surface area contributed by atoms with Crippen molar-refractivity contribution in [1.29, 1.82) is 0 Å². The lowest BCUT2D eigenvalue weighted by Gasteiger charge is -2.14. The maximum atomic E-state index is 11.7. The van der Waals surface area contributed by atoms with Gasteiger partial charge in [0.1, 0.15) is 6.04 Å². The van der Waals surface area contributed by atoms with E-state index in [9.17, 15) is 14.4 Å². The second-order valence-electron chi connectivity index (χ2n) is 5.66. The minimum Gasteiger partial charge on any atom is -0.481 e. The first kappa shape index (κ1) is 18.4. The second kappa shape index (κ2) is 10.2. The van der Waals surface area contributed by atoms with E-state index in [1.165, 1.54) is 0 Å². The number of unbranched alkanes of at least 4 members (excludes halogenated alkanes) is 1. The van der Waals surface area contributed by atoms with E-state index in [4.69, 9.17) is 14.6 Å². The van der Waals surface area contributed by atoms with E-state index in [0.717, 1.165) is 19.4 Å². The van der Waals surface area contributed by atoms with Gasteiger partial charge in [-0.3, -0.25) is 14.4 Å². The highest BCUT2D eigenvalue weighted by Gasteiger charge is 2.24. The van der Waals surface area contributed by atoms with Crippen molar-refractivity contribution in [1.82, 2.24) is 5.32 Å². The second-order valence-corrected chi connectivity index (χ2v) is 5.66. The molecule has 0 aromatic rings. The molecule has 1 aliphatic heterocycles. The van der Waals surface area contributed by atoms with E-state index < -0.39 is 5.97 Å². The predicted molar refractivity (Wildman–Crippen MR) is 78.2 cm³/mol. The molecule has 1 heterocycles. The van der Waals surface area contributed by atoms with Crippen molar-refractivity contribution in [3.05, 3.63) is 0 Å². The number of ether oxygens (including phenoxy) is 2. The number of nitrogens with one attached hydrogen (secondary N) is 1. The number of carbonyl (C=O) groups is 3. The van der Waals surface area contributed by atoms with Crippen LogP contribution in [0.4, 0.5) is 0 Å². The van der Waals surface area contributed by atoms with Gasteiger partial charge in [0, 0.05) is 12.3 Å². The zero-order valence-electron chi connectivity index (χ0n) is 13.0. The highest BCUT2D eigenvalue weighted by atomic mass is 16.5. The van der Waals surface area contributed by atoms with Crippen LogP contribution in [0.5, 0.6) is 0 Å². The van der Waals surface area contributed by atoms with Crippen LogP contribution in [0, 0.1) is 5.92 Å². The Morgan fingerprint density at radius 3 is 2.68 bits per heavy atom. The molecule has 7 heteroatoms. The molecule has 2 N–H and O–H groups in total. The molecule has 0 aliphatic carbocycles. The van der Waals surface area contributed by atoms with Gasteiger partial charge in [0.15, 0.2) is 0 Å². The molecule has 0 aromatic heterocycles. The Bertz CT molecular complexity index is 378. The van der Waals surface area contributed by atoms with Crippen molar-refractivity contribution in [3.63, 3.8) is 0 Å². The standard InChI is InChI=1S/C15H25NO6/c1-11(10-22-15(20)12-5-4-7-16-12)9-14(19)21-8-3-2-6-13(17)18/h11-12,16H,2-10H2,1H3,(H,17,18)/t11?,12-/m0/s1. The average Bonchev–Trinajstić information content (AvgIpc) is 2.98. The van der Waals surface area contributed by atoms with Gasteiger partial charge in [-0.15, -0.1) is 0 Å². The van der Waals surface area contributed by atoms with Crippen LogP contribution in [0.2, 0.25) is 0 Å². The number of esters is 2. The fourth-order valence-corrected chi connectivity index (χ4v) is 2.18. The molecule has 1 fully saturated rings. The molecule has 1 rings (SSSR count). The number of hydrogen-bond donors (Lipinski definition) is 2. The number of rotatable bonds is 10. The third-order valence-electron chi connectivity index (χ3n) is 3.42. The number of carboxylic acids is 1. The van der Waals surface area contributed by atoms with Crippen LogP contribution in [0.3, 0.4) is 0 Å². The lowest BCUT2D eigenvalue weighted by molar-refractivity contribution is -0.151. The number of aliphatic carboxylic acids is 1. The first-order valence-electron chi connectivity index (χ1n) is 7.76. The first-order chi connectivity index (χ1) is 10.5. The first-order valence-corrected chi connectivity index (χ1v) is 7.76. The lowest BCUT2D eigenvalue weighted by Crippen LogP contribution is -2.33. The Balaban J connectivity index is 2.05. The Labute approximate surface area is 130 Å². The summed E-state index contributed by atoms with van der Waals surface area (Å²) in [7, 11) is 0. The van der Waals surface area contributed by atoms with Gasteiger partial charge in [-0.1, -0.05) is 6.92 Å². The monoisotopic (exact) mass is 315 g/mol. The van der Waals surface area contributed by atoms with Crippen LogP contribution >= 0.6 is 0 Å². The zero-order chi connectivity index (χ0) is 16.4. The minimum absolute atomic E-state index is 0.0824. The van der Waals surface area contributed by atoms with Crippen LogP contribution in [0.25, 0.3) is 0 Å². The smallest absolute Gasteiger partial charge is 0.323 e. The van der Waals surface area contributed by atoms with E-state index in [-0.39, 0.29) is 50.0 Å². The van der Waals surface area contributed by atoms with Gasteiger partial charge < -0.3 is 19.9 Å². The summed E-state index contributed by atoms with van der Waals surface area (Å²) in [5.74, 6) is -1.56. The summed E-state index contributed by atoms with van der Waals surface area (Å²) in [5.41, 5.74) is 0. The van der Waals surface area contributed by atoms with Gasteiger partial charge in [0.05, 0.1) is 19.6 Å². The molecular weight excluding hydrogens is 290 g/mol. The maximum absolute atomic E-state index is 11.7. The van der Waals surface area contributed by atoms with Gasteiger partial charge >= 0.3 is 17.9 Å². The van der Waals surface area contributed by atoms with Crippen molar-refractivity contribution in [3.8, 4) is 0 Å². The molecule has 0 saturated carbocycles. The van der Waals surface area contributed by atoms with Gasteiger partial charge in [-0.25, -0.2) is 0 Å². The maximum Gasteiger partial charge on any atom is 0.323 e. The summed E-state index contributed by atoms with van der Waals surface area (Å²) in [4.78, 5) is 33.6. The summed E-state index contributed by atoms with van der Waals surface area (Å²) >= 11 is 0. The average molecular weight is 315 g/mol. The summed E-state index contributed by atoms with van der Waals surface area (Å²) < 4.78 is 10.2. The van der Waals surface area contributed by atoms with E-state index in [1.807, 2.05) is 6.92 Å². The molecule has 1 aliphatic rings. The fourth-order valence-electron chi connectivity index (χ4n) is 2.18. The Kier molecular flexibility index (Phi) is 8.50. The Hall–Kier alpha value is -1.63. The Morgan fingerprint density at radius 1 is 1.27 bits per heavy atom. The topological polar surface area (TPSA) is 102 Å². The normalized spacial score (nSPS) is 18.7. The molecule has 0 spiro atoms.